The molecule has 0 saturated heterocycles. The number of rotatable bonds is 4. The van der Waals surface area contributed by atoms with E-state index in [1.807, 2.05) is 24.3 Å². The number of nitrogens with one attached hydrogen (secondary N) is 1. The molecule has 0 spiro atoms. The summed E-state index contributed by atoms with van der Waals surface area (Å²) in [7, 11) is 0. The molecular formula is C16H18N2O2. The van der Waals surface area contributed by atoms with Crippen LogP contribution in [0.15, 0.2) is 41.0 Å². The average molecular weight is 270 g/mol. The van der Waals surface area contributed by atoms with Gasteiger partial charge in [-0.25, -0.2) is 0 Å². The Morgan fingerprint density at radius 3 is 3.15 bits per heavy atom. The number of aryl methyl sites for hydroxylation is 1. The van der Waals surface area contributed by atoms with Crippen LogP contribution < -0.4 is 11.1 Å². The largest absolute Gasteiger partial charge is 0.469 e. The molecule has 0 radical (unpaired) electrons. The summed E-state index contributed by atoms with van der Waals surface area (Å²) in [5.74, 6) is 0.710. The van der Waals surface area contributed by atoms with Gasteiger partial charge in [0.1, 0.15) is 5.76 Å². The maximum atomic E-state index is 11.2. The van der Waals surface area contributed by atoms with E-state index in [-0.39, 0.29) is 5.91 Å². The molecule has 1 aromatic heterocycles. The van der Waals surface area contributed by atoms with Crippen LogP contribution in [0.25, 0.3) is 0 Å². The van der Waals surface area contributed by atoms with E-state index >= 15 is 0 Å². The summed E-state index contributed by atoms with van der Waals surface area (Å²) < 4.78 is 5.49. The Hall–Kier alpha value is -2.07. The average Bonchev–Trinajstić information content (AvgIpc) is 2.94. The van der Waals surface area contributed by atoms with Crippen molar-refractivity contribution in [1.29, 1.82) is 0 Å². The molecular weight excluding hydrogens is 252 g/mol. The van der Waals surface area contributed by atoms with E-state index in [1.54, 1.807) is 12.3 Å². The van der Waals surface area contributed by atoms with Gasteiger partial charge in [0.25, 0.3) is 0 Å². The van der Waals surface area contributed by atoms with E-state index in [0.717, 1.165) is 37.1 Å². The number of hydrogen-bond donors (Lipinski definition) is 2. The predicted molar refractivity (Wildman–Crippen MR) is 76.2 cm³/mol. The predicted octanol–water partition coefficient (Wildman–Crippen LogP) is 2.55. The molecule has 0 aliphatic heterocycles. The molecule has 0 fully saturated rings. The highest BCUT2D eigenvalue weighted by molar-refractivity contribution is 5.92. The molecule has 3 rings (SSSR count). The smallest absolute Gasteiger partial charge is 0.248 e. The number of fused-ring (bicyclic) bond motifs is 1. The Morgan fingerprint density at radius 1 is 1.40 bits per heavy atom. The van der Waals surface area contributed by atoms with Crippen LogP contribution in [0.1, 0.15) is 46.1 Å². The number of amides is 1. The van der Waals surface area contributed by atoms with Gasteiger partial charge in [-0.2, -0.15) is 0 Å². The highest BCUT2D eigenvalue weighted by atomic mass is 16.3. The van der Waals surface area contributed by atoms with Gasteiger partial charge in [-0.15, -0.1) is 0 Å². The van der Waals surface area contributed by atoms with Crippen LogP contribution in [0.4, 0.5) is 0 Å². The highest BCUT2D eigenvalue weighted by Crippen LogP contribution is 2.30. The van der Waals surface area contributed by atoms with E-state index in [1.165, 1.54) is 5.56 Å². The van der Waals surface area contributed by atoms with Gasteiger partial charge in [0.2, 0.25) is 5.91 Å². The first kappa shape index (κ1) is 12.9. The summed E-state index contributed by atoms with van der Waals surface area (Å²) in [5.41, 5.74) is 8.18. The molecule has 3 N–H and O–H groups in total. The second-order valence-corrected chi connectivity index (χ2v) is 5.19. The molecule has 1 atom stereocenters. The lowest BCUT2D eigenvalue weighted by atomic mass is 9.93. The summed E-state index contributed by atoms with van der Waals surface area (Å²) in [6.07, 6.45) is 5.04. The van der Waals surface area contributed by atoms with Gasteiger partial charge in [0, 0.05) is 30.1 Å². The second-order valence-electron chi connectivity index (χ2n) is 5.19. The van der Waals surface area contributed by atoms with Gasteiger partial charge in [-0.05, 0) is 36.6 Å². The number of carbonyl (C=O) groups excluding carboxylic acids is 1. The van der Waals surface area contributed by atoms with Crippen molar-refractivity contribution in [2.75, 3.05) is 0 Å². The highest BCUT2D eigenvalue weighted by Gasteiger charge is 2.21. The van der Waals surface area contributed by atoms with Crippen molar-refractivity contribution in [3.8, 4) is 0 Å². The van der Waals surface area contributed by atoms with E-state index in [2.05, 4.69) is 5.32 Å². The fourth-order valence-corrected chi connectivity index (χ4v) is 2.77. The third kappa shape index (κ3) is 2.60. The molecule has 1 unspecified atom stereocenters. The number of hydrogen-bond acceptors (Lipinski definition) is 3. The van der Waals surface area contributed by atoms with Crippen molar-refractivity contribution in [3.63, 3.8) is 0 Å². The Bertz CT molecular complexity index is 618. The number of furan rings is 1. The van der Waals surface area contributed by atoms with Gasteiger partial charge in [0.05, 0.1) is 6.26 Å². The maximum absolute atomic E-state index is 11.2. The molecule has 1 aliphatic carbocycles. The molecule has 4 heteroatoms. The zero-order valence-corrected chi connectivity index (χ0v) is 11.3. The number of nitrogens with two attached hydrogens (primary N) is 1. The van der Waals surface area contributed by atoms with Crippen LogP contribution in [0.5, 0.6) is 0 Å². The molecule has 20 heavy (non-hydrogen) atoms. The van der Waals surface area contributed by atoms with Gasteiger partial charge >= 0.3 is 0 Å². The Balaban J connectivity index is 1.69. The molecule has 4 nitrogen and oxygen atoms in total. The summed E-state index contributed by atoms with van der Waals surface area (Å²) in [5, 5.41) is 3.53. The van der Waals surface area contributed by atoms with Crippen molar-refractivity contribution in [2.45, 2.75) is 31.8 Å². The van der Waals surface area contributed by atoms with Crippen molar-refractivity contribution in [3.05, 3.63) is 59.0 Å². The molecule has 0 bridgehead atoms. The number of primary amides is 1. The number of carbonyl (C=O) groups is 1. The van der Waals surface area contributed by atoms with Crippen LogP contribution in [-0.2, 0) is 13.0 Å². The summed E-state index contributed by atoms with van der Waals surface area (Å²) in [6.45, 7) is 0.719. The zero-order valence-electron chi connectivity index (χ0n) is 11.3. The van der Waals surface area contributed by atoms with E-state index in [9.17, 15) is 4.79 Å². The van der Waals surface area contributed by atoms with Crippen LogP contribution in [0.2, 0.25) is 0 Å². The quantitative estimate of drug-likeness (QED) is 0.897. The summed E-state index contributed by atoms with van der Waals surface area (Å²) >= 11 is 0. The van der Waals surface area contributed by atoms with Gasteiger partial charge in [-0.3, -0.25) is 4.79 Å². The van der Waals surface area contributed by atoms with Gasteiger partial charge in [0.15, 0.2) is 0 Å². The number of benzene rings is 1. The Kier molecular flexibility index (Phi) is 3.56. The minimum absolute atomic E-state index is 0.328. The topological polar surface area (TPSA) is 68.3 Å². The normalized spacial score (nSPS) is 17.7. The van der Waals surface area contributed by atoms with Crippen LogP contribution >= 0.6 is 0 Å². The first-order valence-corrected chi connectivity index (χ1v) is 6.92. The van der Waals surface area contributed by atoms with Crippen molar-refractivity contribution in [1.82, 2.24) is 5.32 Å². The SMILES string of the molecule is NC(=O)c1cccc(CNC2CCCc3occc32)c1. The third-order valence-corrected chi connectivity index (χ3v) is 3.82. The molecule has 1 aliphatic rings. The maximum Gasteiger partial charge on any atom is 0.248 e. The van der Waals surface area contributed by atoms with E-state index < -0.39 is 0 Å². The summed E-state index contributed by atoms with van der Waals surface area (Å²) in [4.78, 5) is 11.2. The van der Waals surface area contributed by atoms with Crippen molar-refractivity contribution in [2.24, 2.45) is 5.73 Å². The summed E-state index contributed by atoms with van der Waals surface area (Å²) in [6, 6.07) is 9.82. The lowest BCUT2D eigenvalue weighted by molar-refractivity contribution is 0.1000. The zero-order chi connectivity index (χ0) is 13.9. The Morgan fingerprint density at radius 2 is 2.30 bits per heavy atom. The molecule has 104 valence electrons. The monoisotopic (exact) mass is 270 g/mol. The first-order chi connectivity index (χ1) is 9.74. The second kappa shape index (κ2) is 5.51. The molecule has 1 amide bonds. The van der Waals surface area contributed by atoms with Gasteiger partial charge in [-0.1, -0.05) is 12.1 Å². The first-order valence-electron chi connectivity index (χ1n) is 6.92. The van der Waals surface area contributed by atoms with Crippen molar-refractivity contribution >= 4 is 5.91 Å². The van der Waals surface area contributed by atoms with Crippen LogP contribution in [0, 0.1) is 0 Å². The lowest BCUT2D eigenvalue weighted by Crippen LogP contribution is -2.24. The van der Waals surface area contributed by atoms with Crippen LogP contribution in [0.3, 0.4) is 0 Å². The molecule has 2 aromatic rings. The minimum atomic E-state index is -0.387. The molecule has 0 saturated carbocycles. The van der Waals surface area contributed by atoms with Gasteiger partial charge < -0.3 is 15.5 Å². The van der Waals surface area contributed by atoms with E-state index in [4.69, 9.17) is 10.2 Å². The van der Waals surface area contributed by atoms with Crippen molar-refractivity contribution < 1.29 is 9.21 Å². The standard InChI is InChI=1S/C16H18N2O2/c17-16(19)12-4-1-3-11(9-12)10-18-14-5-2-6-15-13(14)7-8-20-15/h1,3-4,7-9,14,18H,2,5-6,10H2,(H2,17,19). The third-order valence-electron chi connectivity index (χ3n) is 3.82. The molecule has 1 aromatic carbocycles. The fraction of sp³-hybridized carbons (Fsp3) is 0.312. The van der Waals surface area contributed by atoms with E-state index in [0.29, 0.717) is 11.6 Å². The fourth-order valence-electron chi connectivity index (χ4n) is 2.77. The lowest BCUT2D eigenvalue weighted by Gasteiger charge is -2.23. The molecule has 1 heterocycles. The minimum Gasteiger partial charge on any atom is -0.469 e. The Labute approximate surface area is 118 Å². The van der Waals surface area contributed by atoms with Crippen LogP contribution in [-0.4, -0.2) is 5.91 Å².